The summed E-state index contributed by atoms with van der Waals surface area (Å²) in [5.74, 6) is 2.44. The molecule has 1 aliphatic carbocycles. The van der Waals surface area contributed by atoms with Gasteiger partial charge >= 0.3 is 6.03 Å². The Kier molecular flexibility index (Phi) is 6.48. The van der Waals surface area contributed by atoms with Crippen LogP contribution in [-0.2, 0) is 17.9 Å². The number of amides is 3. The highest BCUT2D eigenvalue weighted by Crippen LogP contribution is 2.40. The van der Waals surface area contributed by atoms with E-state index >= 15 is 0 Å². The topological polar surface area (TPSA) is 102 Å². The second-order valence-corrected chi connectivity index (χ2v) is 8.16. The van der Waals surface area contributed by atoms with Crippen molar-refractivity contribution in [2.45, 2.75) is 43.4 Å². The van der Waals surface area contributed by atoms with E-state index in [9.17, 15) is 9.59 Å². The molecule has 9 heteroatoms. The second kappa shape index (κ2) is 9.62. The molecule has 156 valence electrons. The van der Waals surface area contributed by atoms with Crippen molar-refractivity contribution in [2.24, 2.45) is 0 Å². The first-order valence-electron chi connectivity index (χ1n) is 9.89. The van der Waals surface area contributed by atoms with Gasteiger partial charge in [0, 0.05) is 24.6 Å². The molecule has 30 heavy (non-hydrogen) atoms. The van der Waals surface area contributed by atoms with Gasteiger partial charge in [0.15, 0.2) is 5.16 Å². The SMILES string of the molecule is O=C(CCSc1nnc(C2CC2)n1Cc1ccco1)NC(=O)NCc1ccccc1. The van der Waals surface area contributed by atoms with E-state index in [0.717, 1.165) is 35.1 Å². The van der Waals surface area contributed by atoms with Crippen LogP contribution >= 0.6 is 11.8 Å². The summed E-state index contributed by atoms with van der Waals surface area (Å²) < 4.78 is 7.53. The Hall–Kier alpha value is -3.07. The van der Waals surface area contributed by atoms with Crippen LogP contribution < -0.4 is 10.6 Å². The summed E-state index contributed by atoms with van der Waals surface area (Å²) in [5.41, 5.74) is 0.970. The molecule has 1 fully saturated rings. The number of hydrogen-bond donors (Lipinski definition) is 2. The Labute approximate surface area is 178 Å². The summed E-state index contributed by atoms with van der Waals surface area (Å²) in [6, 6.07) is 12.8. The normalized spacial score (nSPS) is 13.2. The van der Waals surface area contributed by atoms with Crippen LogP contribution in [0.3, 0.4) is 0 Å². The van der Waals surface area contributed by atoms with Gasteiger partial charge in [-0.3, -0.25) is 14.7 Å². The average molecular weight is 426 g/mol. The molecule has 0 aliphatic heterocycles. The zero-order valence-electron chi connectivity index (χ0n) is 16.4. The van der Waals surface area contributed by atoms with Crippen LogP contribution in [0.5, 0.6) is 0 Å². The van der Waals surface area contributed by atoms with Crippen LogP contribution in [0.15, 0.2) is 58.3 Å². The van der Waals surface area contributed by atoms with Crippen molar-refractivity contribution in [2.75, 3.05) is 5.75 Å². The van der Waals surface area contributed by atoms with Gasteiger partial charge in [-0.25, -0.2) is 4.79 Å². The van der Waals surface area contributed by atoms with Crippen LogP contribution in [0.1, 0.15) is 42.3 Å². The highest BCUT2D eigenvalue weighted by molar-refractivity contribution is 7.99. The lowest BCUT2D eigenvalue weighted by Crippen LogP contribution is -2.39. The van der Waals surface area contributed by atoms with Gasteiger partial charge in [0.05, 0.1) is 12.8 Å². The number of benzene rings is 1. The standard InChI is InChI=1S/C21H23N5O3S/c27-18(23-20(28)22-13-15-5-2-1-3-6-15)10-12-30-21-25-24-19(16-8-9-16)26(21)14-17-7-4-11-29-17/h1-7,11,16H,8-10,12-14H2,(H2,22,23,27,28). The number of imide groups is 1. The molecular weight excluding hydrogens is 402 g/mol. The lowest BCUT2D eigenvalue weighted by atomic mass is 10.2. The van der Waals surface area contributed by atoms with Gasteiger partial charge in [-0.1, -0.05) is 42.1 Å². The molecule has 2 N–H and O–H groups in total. The molecule has 2 heterocycles. The first-order valence-corrected chi connectivity index (χ1v) is 10.9. The molecule has 0 unspecified atom stereocenters. The van der Waals surface area contributed by atoms with Gasteiger partial charge in [-0.05, 0) is 30.5 Å². The summed E-state index contributed by atoms with van der Waals surface area (Å²) in [6.07, 6.45) is 4.11. The number of nitrogens with one attached hydrogen (secondary N) is 2. The Morgan fingerprint density at radius 2 is 1.97 bits per heavy atom. The van der Waals surface area contributed by atoms with E-state index in [1.54, 1.807) is 6.26 Å². The molecule has 3 aromatic rings. The van der Waals surface area contributed by atoms with Gasteiger partial charge < -0.3 is 9.73 Å². The van der Waals surface area contributed by atoms with Crippen molar-refractivity contribution in [1.82, 2.24) is 25.4 Å². The summed E-state index contributed by atoms with van der Waals surface area (Å²) in [4.78, 5) is 24.0. The predicted molar refractivity (Wildman–Crippen MR) is 112 cm³/mol. The fourth-order valence-corrected chi connectivity index (χ4v) is 3.89. The molecule has 1 aromatic carbocycles. The van der Waals surface area contributed by atoms with Gasteiger partial charge in [0.2, 0.25) is 5.91 Å². The molecule has 0 atom stereocenters. The van der Waals surface area contributed by atoms with Crippen molar-refractivity contribution >= 4 is 23.7 Å². The highest BCUT2D eigenvalue weighted by atomic mass is 32.2. The Morgan fingerprint density at radius 1 is 1.13 bits per heavy atom. The molecular formula is C21H23N5O3S. The van der Waals surface area contributed by atoms with Crippen molar-refractivity contribution in [3.05, 3.63) is 65.9 Å². The van der Waals surface area contributed by atoms with E-state index in [0.29, 0.717) is 24.8 Å². The van der Waals surface area contributed by atoms with Crippen LogP contribution in [0, 0.1) is 0 Å². The fourth-order valence-electron chi connectivity index (χ4n) is 3.00. The zero-order chi connectivity index (χ0) is 20.8. The third-order valence-corrected chi connectivity index (χ3v) is 5.66. The number of urea groups is 1. The van der Waals surface area contributed by atoms with E-state index in [-0.39, 0.29) is 12.3 Å². The number of nitrogens with zero attached hydrogens (tertiary/aromatic N) is 3. The van der Waals surface area contributed by atoms with E-state index in [4.69, 9.17) is 4.42 Å². The lowest BCUT2D eigenvalue weighted by molar-refractivity contribution is -0.119. The summed E-state index contributed by atoms with van der Waals surface area (Å²) in [7, 11) is 0. The van der Waals surface area contributed by atoms with Crippen molar-refractivity contribution in [3.8, 4) is 0 Å². The Morgan fingerprint density at radius 3 is 2.70 bits per heavy atom. The molecule has 0 bridgehead atoms. The van der Waals surface area contributed by atoms with E-state index in [1.807, 2.05) is 42.5 Å². The highest BCUT2D eigenvalue weighted by Gasteiger charge is 2.30. The maximum atomic E-state index is 12.1. The summed E-state index contributed by atoms with van der Waals surface area (Å²) in [6.45, 7) is 0.941. The van der Waals surface area contributed by atoms with Crippen molar-refractivity contribution in [3.63, 3.8) is 0 Å². The maximum absolute atomic E-state index is 12.1. The quantitative estimate of drug-likeness (QED) is 0.510. The van der Waals surface area contributed by atoms with E-state index < -0.39 is 6.03 Å². The van der Waals surface area contributed by atoms with Gasteiger partial charge in [0.25, 0.3) is 0 Å². The Balaban J connectivity index is 1.24. The number of carbonyl (C=O) groups excluding carboxylic acids is 2. The van der Waals surface area contributed by atoms with Crippen LogP contribution in [0.2, 0.25) is 0 Å². The third kappa shape index (κ3) is 5.50. The van der Waals surface area contributed by atoms with Gasteiger partial charge in [0.1, 0.15) is 11.6 Å². The maximum Gasteiger partial charge on any atom is 0.321 e. The molecule has 0 spiro atoms. The summed E-state index contributed by atoms with van der Waals surface area (Å²) >= 11 is 1.46. The van der Waals surface area contributed by atoms with Gasteiger partial charge in [-0.15, -0.1) is 10.2 Å². The van der Waals surface area contributed by atoms with Crippen LogP contribution in [0.4, 0.5) is 4.79 Å². The minimum atomic E-state index is -0.495. The minimum Gasteiger partial charge on any atom is -0.467 e. The van der Waals surface area contributed by atoms with Crippen LogP contribution in [-0.4, -0.2) is 32.5 Å². The zero-order valence-corrected chi connectivity index (χ0v) is 17.2. The summed E-state index contributed by atoms with van der Waals surface area (Å²) in [5, 5.41) is 14.4. The first kappa shape index (κ1) is 20.2. The monoisotopic (exact) mass is 425 g/mol. The molecule has 0 radical (unpaired) electrons. The number of thioether (sulfide) groups is 1. The molecule has 4 rings (SSSR count). The second-order valence-electron chi connectivity index (χ2n) is 7.10. The molecule has 1 saturated carbocycles. The van der Waals surface area contributed by atoms with E-state index in [2.05, 4.69) is 25.4 Å². The van der Waals surface area contributed by atoms with Crippen LogP contribution in [0.25, 0.3) is 0 Å². The number of carbonyl (C=O) groups is 2. The first-order chi connectivity index (χ1) is 14.7. The number of hydrogen-bond acceptors (Lipinski definition) is 6. The Bertz CT molecular complexity index is 984. The molecule has 2 aromatic heterocycles. The molecule has 0 saturated heterocycles. The lowest BCUT2D eigenvalue weighted by Gasteiger charge is -2.09. The number of aromatic nitrogens is 3. The number of furan rings is 1. The number of rotatable bonds is 9. The van der Waals surface area contributed by atoms with E-state index in [1.165, 1.54) is 11.8 Å². The smallest absolute Gasteiger partial charge is 0.321 e. The largest absolute Gasteiger partial charge is 0.467 e. The van der Waals surface area contributed by atoms with Crippen molar-refractivity contribution < 1.29 is 14.0 Å². The third-order valence-electron chi connectivity index (χ3n) is 4.69. The molecule has 1 aliphatic rings. The van der Waals surface area contributed by atoms with Crippen molar-refractivity contribution in [1.29, 1.82) is 0 Å². The molecule has 3 amide bonds. The average Bonchev–Trinajstić information content (AvgIpc) is 3.32. The fraction of sp³-hybridized carbons (Fsp3) is 0.333. The molecule has 8 nitrogen and oxygen atoms in total. The predicted octanol–water partition coefficient (Wildman–Crippen LogP) is 3.31. The van der Waals surface area contributed by atoms with Gasteiger partial charge in [-0.2, -0.15) is 0 Å². The minimum absolute atomic E-state index is 0.204.